The lowest BCUT2D eigenvalue weighted by Gasteiger charge is -2.29. The summed E-state index contributed by atoms with van der Waals surface area (Å²) in [6.45, 7) is 3.19. The van der Waals surface area contributed by atoms with E-state index in [9.17, 15) is 5.11 Å². The molecule has 2 aromatic carbocycles. The van der Waals surface area contributed by atoms with Crippen molar-refractivity contribution in [1.82, 2.24) is 5.32 Å². The van der Waals surface area contributed by atoms with Gasteiger partial charge in [-0.25, -0.2) is 0 Å². The number of benzene rings is 2. The zero-order valence-corrected chi connectivity index (χ0v) is 16.2. The zero-order chi connectivity index (χ0) is 18.6. The SMILES string of the molecule is C[C@H](NC[C@H](O)COc1ccc(-c2ccccc2)cc1)[C@H]1C[C@H]2CC[C@H]1C2. The molecule has 144 valence electrons. The molecule has 4 rings (SSSR count). The number of aliphatic hydroxyl groups is 1. The lowest BCUT2D eigenvalue weighted by molar-refractivity contribution is 0.0993. The quantitative estimate of drug-likeness (QED) is 0.723. The Bertz CT molecular complexity index is 715. The number of rotatable bonds is 8. The Morgan fingerprint density at radius 3 is 2.41 bits per heavy atom. The highest BCUT2D eigenvalue weighted by Crippen LogP contribution is 2.49. The van der Waals surface area contributed by atoms with Crippen LogP contribution in [0.5, 0.6) is 5.75 Å². The monoisotopic (exact) mass is 365 g/mol. The van der Waals surface area contributed by atoms with E-state index in [0.717, 1.165) is 23.5 Å². The van der Waals surface area contributed by atoms with E-state index in [1.165, 1.54) is 36.8 Å². The van der Waals surface area contributed by atoms with Gasteiger partial charge in [-0.1, -0.05) is 48.9 Å². The van der Waals surface area contributed by atoms with Gasteiger partial charge in [-0.05, 0) is 67.2 Å². The molecule has 27 heavy (non-hydrogen) atoms. The van der Waals surface area contributed by atoms with Gasteiger partial charge in [0.1, 0.15) is 18.5 Å². The molecule has 2 aliphatic carbocycles. The van der Waals surface area contributed by atoms with E-state index in [4.69, 9.17) is 4.74 Å². The standard InChI is InChI=1S/C24H31NO2/c1-17(24-14-18-7-8-21(24)13-18)25-15-22(26)16-27-23-11-9-20(10-12-23)19-5-3-2-4-6-19/h2-6,9-12,17-18,21-22,24-26H,7-8,13-16H2,1H3/t17-,18-,21-,22-,24+/m0/s1. The molecule has 2 aliphatic rings. The number of fused-ring (bicyclic) bond motifs is 2. The average Bonchev–Trinajstić information content (AvgIpc) is 3.35. The minimum atomic E-state index is -0.486. The molecule has 2 bridgehead atoms. The van der Waals surface area contributed by atoms with Crippen molar-refractivity contribution in [2.45, 2.75) is 44.8 Å². The van der Waals surface area contributed by atoms with Crippen molar-refractivity contribution in [3.8, 4) is 16.9 Å². The van der Waals surface area contributed by atoms with Gasteiger partial charge in [-0.15, -0.1) is 0 Å². The average molecular weight is 366 g/mol. The van der Waals surface area contributed by atoms with Crippen molar-refractivity contribution in [2.75, 3.05) is 13.2 Å². The van der Waals surface area contributed by atoms with Crippen molar-refractivity contribution in [3.05, 3.63) is 54.6 Å². The molecular formula is C24H31NO2. The van der Waals surface area contributed by atoms with Crippen LogP contribution in [0.4, 0.5) is 0 Å². The second-order valence-electron chi connectivity index (χ2n) is 8.39. The summed E-state index contributed by atoms with van der Waals surface area (Å²) in [5.41, 5.74) is 2.37. The van der Waals surface area contributed by atoms with Gasteiger partial charge >= 0.3 is 0 Å². The van der Waals surface area contributed by atoms with Gasteiger partial charge in [0.15, 0.2) is 0 Å². The summed E-state index contributed by atoms with van der Waals surface area (Å²) in [5, 5.41) is 13.8. The van der Waals surface area contributed by atoms with E-state index >= 15 is 0 Å². The van der Waals surface area contributed by atoms with Crippen LogP contribution in [0, 0.1) is 17.8 Å². The molecule has 2 saturated carbocycles. The van der Waals surface area contributed by atoms with Gasteiger partial charge < -0.3 is 15.2 Å². The first-order chi connectivity index (χ1) is 13.2. The molecule has 2 fully saturated rings. The third-order valence-electron chi connectivity index (χ3n) is 6.51. The predicted molar refractivity (Wildman–Crippen MR) is 110 cm³/mol. The maximum atomic E-state index is 10.3. The van der Waals surface area contributed by atoms with E-state index < -0.39 is 6.10 Å². The third kappa shape index (κ3) is 4.53. The molecule has 3 nitrogen and oxygen atoms in total. The lowest BCUT2D eigenvalue weighted by Crippen LogP contribution is -2.41. The smallest absolute Gasteiger partial charge is 0.119 e. The van der Waals surface area contributed by atoms with Gasteiger partial charge in [-0.2, -0.15) is 0 Å². The van der Waals surface area contributed by atoms with Crippen LogP contribution in [-0.4, -0.2) is 30.4 Å². The number of ether oxygens (including phenoxy) is 1. The van der Waals surface area contributed by atoms with Crippen LogP contribution in [0.3, 0.4) is 0 Å². The molecule has 0 radical (unpaired) electrons. The molecule has 0 heterocycles. The summed E-state index contributed by atoms with van der Waals surface area (Å²) in [5.74, 6) is 3.47. The summed E-state index contributed by atoms with van der Waals surface area (Å²) in [6.07, 6.45) is 5.17. The first kappa shape index (κ1) is 18.5. The molecule has 2 N–H and O–H groups in total. The highest BCUT2D eigenvalue weighted by molar-refractivity contribution is 5.63. The molecule has 0 aliphatic heterocycles. The fraction of sp³-hybridized carbons (Fsp3) is 0.500. The van der Waals surface area contributed by atoms with E-state index in [1.807, 2.05) is 30.3 Å². The minimum absolute atomic E-state index is 0.321. The molecule has 0 saturated heterocycles. The van der Waals surface area contributed by atoms with Gasteiger partial charge in [0.25, 0.3) is 0 Å². The Morgan fingerprint density at radius 1 is 1.00 bits per heavy atom. The van der Waals surface area contributed by atoms with Gasteiger partial charge in [0, 0.05) is 12.6 Å². The topological polar surface area (TPSA) is 41.5 Å². The first-order valence-corrected chi connectivity index (χ1v) is 10.4. The largest absolute Gasteiger partial charge is 0.491 e. The van der Waals surface area contributed by atoms with Crippen LogP contribution in [0.1, 0.15) is 32.6 Å². The zero-order valence-electron chi connectivity index (χ0n) is 16.2. The van der Waals surface area contributed by atoms with Crippen LogP contribution in [0.15, 0.2) is 54.6 Å². The third-order valence-corrected chi connectivity index (χ3v) is 6.51. The predicted octanol–water partition coefficient (Wildman–Crippen LogP) is 4.51. The van der Waals surface area contributed by atoms with Crippen LogP contribution in [-0.2, 0) is 0 Å². The molecular weight excluding hydrogens is 334 g/mol. The second-order valence-corrected chi connectivity index (χ2v) is 8.39. The van der Waals surface area contributed by atoms with Crippen molar-refractivity contribution < 1.29 is 9.84 Å². The maximum Gasteiger partial charge on any atom is 0.119 e. The summed E-state index contributed by atoms with van der Waals surface area (Å²) in [6, 6.07) is 18.9. The Labute approximate surface area is 162 Å². The van der Waals surface area contributed by atoms with Crippen LogP contribution in [0.2, 0.25) is 0 Å². The van der Waals surface area contributed by atoms with E-state index in [2.05, 4.69) is 36.5 Å². The van der Waals surface area contributed by atoms with Crippen molar-refractivity contribution in [3.63, 3.8) is 0 Å². The Balaban J connectivity index is 1.20. The molecule has 2 aromatic rings. The molecule has 0 unspecified atom stereocenters. The Morgan fingerprint density at radius 2 is 1.74 bits per heavy atom. The normalized spacial score (nSPS) is 26.1. The van der Waals surface area contributed by atoms with Crippen molar-refractivity contribution in [2.24, 2.45) is 17.8 Å². The van der Waals surface area contributed by atoms with Crippen LogP contribution >= 0.6 is 0 Å². The Kier molecular flexibility index (Phi) is 5.80. The second kappa shape index (κ2) is 8.45. The van der Waals surface area contributed by atoms with Crippen LogP contribution in [0.25, 0.3) is 11.1 Å². The summed E-state index contributed by atoms with van der Waals surface area (Å²) >= 11 is 0. The molecule has 5 atom stereocenters. The summed E-state index contributed by atoms with van der Waals surface area (Å²) < 4.78 is 5.78. The van der Waals surface area contributed by atoms with Gasteiger partial charge in [0.2, 0.25) is 0 Å². The fourth-order valence-electron chi connectivity index (χ4n) is 5.01. The van der Waals surface area contributed by atoms with Crippen molar-refractivity contribution >= 4 is 0 Å². The van der Waals surface area contributed by atoms with Crippen LogP contribution < -0.4 is 10.1 Å². The Hall–Kier alpha value is -1.84. The molecule has 0 amide bonds. The maximum absolute atomic E-state index is 10.3. The van der Waals surface area contributed by atoms with E-state index in [0.29, 0.717) is 19.2 Å². The number of hydrogen-bond acceptors (Lipinski definition) is 3. The van der Waals surface area contributed by atoms with E-state index in [1.54, 1.807) is 0 Å². The molecule has 3 heteroatoms. The first-order valence-electron chi connectivity index (χ1n) is 10.4. The summed E-state index contributed by atoms with van der Waals surface area (Å²) in [7, 11) is 0. The number of nitrogens with one attached hydrogen (secondary N) is 1. The van der Waals surface area contributed by atoms with Gasteiger partial charge in [-0.3, -0.25) is 0 Å². The fourth-order valence-corrected chi connectivity index (χ4v) is 5.01. The van der Waals surface area contributed by atoms with Gasteiger partial charge in [0.05, 0.1) is 0 Å². The van der Waals surface area contributed by atoms with Crippen molar-refractivity contribution in [1.29, 1.82) is 0 Å². The lowest BCUT2D eigenvalue weighted by atomic mass is 9.84. The number of hydrogen-bond donors (Lipinski definition) is 2. The molecule has 0 aromatic heterocycles. The molecule has 0 spiro atoms. The summed E-state index contributed by atoms with van der Waals surface area (Å²) in [4.78, 5) is 0. The highest BCUT2D eigenvalue weighted by atomic mass is 16.5. The highest BCUT2D eigenvalue weighted by Gasteiger charge is 2.41. The van der Waals surface area contributed by atoms with E-state index in [-0.39, 0.29) is 0 Å². The minimum Gasteiger partial charge on any atom is -0.491 e. The number of aliphatic hydroxyl groups excluding tert-OH is 1.